The first-order valence-electron chi connectivity index (χ1n) is 7.34. The van der Waals surface area contributed by atoms with Crippen molar-refractivity contribution in [2.24, 2.45) is 0 Å². The van der Waals surface area contributed by atoms with Crippen molar-refractivity contribution < 1.29 is 14.4 Å². The topological polar surface area (TPSA) is 92.3 Å². The SMILES string of the molecule is CSc1ncc(/C=C2/C(=O)NC(=O)N(c3ccccc3C)C2=O)cn1. The fraction of sp³-hybridized carbons (Fsp3) is 0.118. The lowest BCUT2D eigenvalue weighted by molar-refractivity contribution is -0.122. The van der Waals surface area contributed by atoms with E-state index in [4.69, 9.17) is 0 Å². The molecule has 0 radical (unpaired) electrons. The van der Waals surface area contributed by atoms with E-state index in [-0.39, 0.29) is 5.57 Å². The van der Waals surface area contributed by atoms with E-state index in [0.717, 1.165) is 10.5 Å². The molecule has 0 atom stereocenters. The smallest absolute Gasteiger partial charge is 0.273 e. The van der Waals surface area contributed by atoms with Gasteiger partial charge in [0, 0.05) is 18.0 Å². The Kier molecular flexibility index (Phi) is 4.62. The van der Waals surface area contributed by atoms with Crippen molar-refractivity contribution >= 4 is 41.4 Å². The molecular weight excluding hydrogens is 340 g/mol. The number of nitrogens with zero attached hydrogens (tertiary/aromatic N) is 3. The van der Waals surface area contributed by atoms with Gasteiger partial charge >= 0.3 is 6.03 Å². The number of thioether (sulfide) groups is 1. The van der Waals surface area contributed by atoms with Gasteiger partial charge in [0.15, 0.2) is 5.16 Å². The Balaban J connectivity index is 2.00. The number of hydrogen-bond acceptors (Lipinski definition) is 6. The molecule has 2 aromatic rings. The number of anilines is 1. The van der Waals surface area contributed by atoms with Crippen LogP contribution in [0.4, 0.5) is 10.5 Å². The number of para-hydroxylation sites is 1. The summed E-state index contributed by atoms with van der Waals surface area (Å²) >= 11 is 1.38. The number of hydrogen-bond donors (Lipinski definition) is 1. The summed E-state index contributed by atoms with van der Waals surface area (Å²) in [6.45, 7) is 1.78. The van der Waals surface area contributed by atoms with Gasteiger partial charge in [0.1, 0.15) is 5.57 Å². The first-order valence-corrected chi connectivity index (χ1v) is 8.57. The van der Waals surface area contributed by atoms with Gasteiger partial charge in [0.25, 0.3) is 11.8 Å². The van der Waals surface area contributed by atoms with Crippen LogP contribution in [-0.4, -0.2) is 34.1 Å². The molecule has 0 bridgehead atoms. The molecule has 8 heteroatoms. The maximum atomic E-state index is 12.8. The van der Waals surface area contributed by atoms with Gasteiger partial charge in [0.05, 0.1) is 5.69 Å². The Morgan fingerprint density at radius 2 is 1.80 bits per heavy atom. The van der Waals surface area contributed by atoms with Crippen LogP contribution < -0.4 is 10.2 Å². The molecule has 1 aliphatic heterocycles. The summed E-state index contributed by atoms with van der Waals surface area (Å²) in [5.41, 5.74) is 1.52. The van der Waals surface area contributed by atoms with Crippen LogP contribution in [0.1, 0.15) is 11.1 Å². The van der Waals surface area contributed by atoms with Gasteiger partial charge in [0.2, 0.25) is 0 Å². The molecule has 4 amide bonds. The number of nitrogens with one attached hydrogen (secondary N) is 1. The quantitative estimate of drug-likeness (QED) is 0.393. The number of carbonyl (C=O) groups is 3. The maximum Gasteiger partial charge on any atom is 0.335 e. The molecule has 1 N–H and O–H groups in total. The summed E-state index contributed by atoms with van der Waals surface area (Å²) in [5, 5.41) is 2.77. The molecule has 126 valence electrons. The van der Waals surface area contributed by atoms with E-state index in [1.54, 1.807) is 31.2 Å². The molecule has 1 aromatic heterocycles. The first-order chi connectivity index (χ1) is 12.0. The minimum absolute atomic E-state index is 0.150. The molecule has 1 aromatic carbocycles. The van der Waals surface area contributed by atoms with Crippen LogP contribution >= 0.6 is 11.8 Å². The van der Waals surface area contributed by atoms with E-state index in [0.29, 0.717) is 16.4 Å². The zero-order valence-corrected chi connectivity index (χ0v) is 14.3. The van der Waals surface area contributed by atoms with Crippen LogP contribution in [0.15, 0.2) is 47.4 Å². The van der Waals surface area contributed by atoms with Crippen LogP contribution in [0, 0.1) is 6.92 Å². The van der Waals surface area contributed by atoms with Crippen molar-refractivity contribution in [1.29, 1.82) is 0 Å². The zero-order chi connectivity index (χ0) is 18.0. The second kappa shape index (κ2) is 6.86. The molecule has 25 heavy (non-hydrogen) atoms. The van der Waals surface area contributed by atoms with Crippen molar-refractivity contribution in [3.8, 4) is 0 Å². The molecule has 0 aliphatic carbocycles. The summed E-state index contributed by atoms with van der Waals surface area (Å²) in [6, 6.07) is 6.19. The van der Waals surface area contributed by atoms with Crippen molar-refractivity contribution in [2.45, 2.75) is 12.1 Å². The van der Waals surface area contributed by atoms with Crippen LogP contribution in [0.25, 0.3) is 6.08 Å². The Labute approximate surface area is 148 Å². The molecule has 7 nitrogen and oxygen atoms in total. The molecule has 0 unspecified atom stereocenters. The average molecular weight is 354 g/mol. The molecule has 1 aliphatic rings. The third-order valence-corrected chi connectivity index (χ3v) is 4.18. The Bertz CT molecular complexity index is 893. The summed E-state index contributed by atoms with van der Waals surface area (Å²) in [4.78, 5) is 46.2. The standard InChI is InChI=1S/C17H14N4O3S/c1-10-5-3-4-6-13(10)21-15(23)12(14(22)20-17(21)24)7-11-8-18-16(25-2)19-9-11/h3-9H,1-2H3,(H,20,22,24)/b12-7-. The van der Waals surface area contributed by atoms with Gasteiger partial charge in [-0.05, 0) is 30.9 Å². The number of amides is 4. The Morgan fingerprint density at radius 1 is 1.12 bits per heavy atom. The number of benzene rings is 1. The minimum atomic E-state index is -0.768. The Morgan fingerprint density at radius 3 is 2.44 bits per heavy atom. The van der Waals surface area contributed by atoms with Crippen LogP contribution in [0.5, 0.6) is 0 Å². The molecule has 1 fully saturated rings. The maximum absolute atomic E-state index is 12.8. The number of rotatable bonds is 3. The van der Waals surface area contributed by atoms with Crippen molar-refractivity contribution in [3.63, 3.8) is 0 Å². The summed E-state index contributed by atoms with van der Waals surface area (Å²) in [5.74, 6) is -1.43. The predicted molar refractivity (Wildman–Crippen MR) is 94.0 cm³/mol. The van der Waals surface area contributed by atoms with Crippen molar-refractivity contribution in [3.05, 3.63) is 53.4 Å². The van der Waals surface area contributed by atoms with Crippen molar-refractivity contribution in [1.82, 2.24) is 15.3 Å². The highest BCUT2D eigenvalue weighted by atomic mass is 32.2. The van der Waals surface area contributed by atoms with Gasteiger partial charge in [-0.25, -0.2) is 19.7 Å². The average Bonchev–Trinajstić information content (AvgIpc) is 2.60. The van der Waals surface area contributed by atoms with E-state index in [1.807, 2.05) is 6.26 Å². The van der Waals surface area contributed by atoms with Crippen molar-refractivity contribution in [2.75, 3.05) is 11.2 Å². The second-order valence-corrected chi connectivity index (χ2v) is 6.02. The molecular formula is C17H14N4O3S. The fourth-order valence-corrected chi connectivity index (χ4v) is 2.68. The molecule has 0 spiro atoms. The van der Waals surface area contributed by atoms with Gasteiger partial charge < -0.3 is 0 Å². The number of urea groups is 1. The monoisotopic (exact) mass is 354 g/mol. The fourth-order valence-electron chi connectivity index (χ4n) is 2.36. The highest BCUT2D eigenvalue weighted by Crippen LogP contribution is 2.24. The molecule has 3 rings (SSSR count). The Hall–Kier alpha value is -3.00. The second-order valence-electron chi connectivity index (χ2n) is 5.25. The normalized spacial score (nSPS) is 16.3. The summed E-state index contributed by atoms with van der Waals surface area (Å²) < 4.78 is 0. The van der Waals surface area contributed by atoms with Gasteiger partial charge in [-0.1, -0.05) is 30.0 Å². The van der Waals surface area contributed by atoms with Crippen LogP contribution in [-0.2, 0) is 9.59 Å². The first kappa shape index (κ1) is 16.8. The number of barbiturate groups is 1. The third-order valence-electron chi connectivity index (χ3n) is 3.60. The van der Waals surface area contributed by atoms with Crippen LogP contribution in [0.3, 0.4) is 0 Å². The molecule has 0 saturated carbocycles. The third kappa shape index (κ3) is 3.29. The van der Waals surface area contributed by atoms with Crippen LogP contribution in [0.2, 0.25) is 0 Å². The van der Waals surface area contributed by atoms with E-state index >= 15 is 0 Å². The lowest BCUT2D eigenvalue weighted by Crippen LogP contribution is -2.54. The highest BCUT2D eigenvalue weighted by molar-refractivity contribution is 7.98. The van der Waals surface area contributed by atoms with Gasteiger partial charge in [-0.2, -0.15) is 0 Å². The highest BCUT2D eigenvalue weighted by Gasteiger charge is 2.37. The largest absolute Gasteiger partial charge is 0.335 e. The number of aromatic nitrogens is 2. The number of aryl methyl sites for hydroxylation is 1. The number of carbonyl (C=O) groups excluding carboxylic acids is 3. The number of imide groups is 2. The van der Waals surface area contributed by atoms with E-state index in [9.17, 15) is 14.4 Å². The summed E-state index contributed by atoms with van der Waals surface area (Å²) in [6.07, 6.45) is 6.25. The van der Waals surface area contributed by atoms with E-state index in [2.05, 4.69) is 15.3 Å². The molecule has 2 heterocycles. The zero-order valence-electron chi connectivity index (χ0n) is 13.5. The van der Waals surface area contributed by atoms with Gasteiger partial charge in [-0.3, -0.25) is 14.9 Å². The molecule has 1 saturated heterocycles. The summed E-state index contributed by atoms with van der Waals surface area (Å²) in [7, 11) is 0. The predicted octanol–water partition coefficient (Wildman–Crippen LogP) is 2.17. The minimum Gasteiger partial charge on any atom is -0.273 e. The van der Waals surface area contributed by atoms with Gasteiger partial charge in [-0.15, -0.1) is 0 Å². The lowest BCUT2D eigenvalue weighted by Gasteiger charge is -2.27. The lowest BCUT2D eigenvalue weighted by atomic mass is 10.1. The van der Waals surface area contributed by atoms with E-state index in [1.165, 1.54) is 30.2 Å². The van der Waals surface area contributed by atoms with E-state index < -0.39 is 17.8 Å².